The highest BCUT2D eigenvalue weighted by Crippen LogP contribution is 2.35. The summed E-state index contributed by atoms with van der Waals surface area (Å²) in [7, 11) is 0. The Balaban J connectivity index is 1.67. The predicted octanol–water partition coefficient (Wildman–Crippen LogP) is 5.51. The van der Waals surface area contributed by atoms with E-state index in [4.69, 9.17) is 9.47 Å². The van der Waals surface area contributed by atoms with E-state index >= 15 is 0 Å². The molecule has 0 unspecified atom stereocenters. The molecule has 0 bridgehead atoms. The number of rotatable bonds is 5. The normalized spacial score (nSPS) is 12.0. The molecule has 2 aromatic carbocycles. The lowest BCUT2D eigenvalue weighted by molar-refractivity contribution is -0.157. The number of carbonyl (C=O) groups is 1. The lowest BCUT2D eigenvalue weighted by Gasteiger charge is -2.19. The summed E-state index contributed by atoms with van der Waals surface area (Å²) in [5.74, 6) is -0.0155. The average molecular weight is 519 g/mol. The van der Waals surface area contributed by atoms with Crippen LogP contribution in [0.25, 0.3) is 27.2 Å². The Morgan fingerprint density at radius 1 is 1.09 bits per heavy atom. The van der Waals surface area contributed by atoms with Gasteiger partial charge in [-0.05, 0) is 62.7 Å². The number of aromatic nitrogens is 2. The van der Waals surface area contributed by atoms with Gasteiger partial charge in [0.05, 0.1) is 16.4 Å². The Morgan fingerprint density at radius 3 is 2.62 bits per heavy atom. The van der Waals surface area contributed by atoms with Gasteiger partial charge in [-0.2, -0.15) is 0 Å². The monoisotopic (exact) mass is 518 g/mol. The Bertz CT molecular complexity index is 1590. The molecule has 0 saturated carbocycles. The predicted molar refractivity (Wildman–Crippen MR) is 136 cm³/mol. The lowest BCUT2D eigenvalue weighted by atomic mass is 10.0. The summed E-state index contributed by atoms with van der Waals surface area (Å²) in [6.45, 7) is 5.19. The topological polar surface area (TPSA) is 69.9 Å². The van der Waals surface area contributed by atoms with Gasteiger partial charge in [0.1, 0.15) is 11.4 Å². The molecule has 0 aliphatic carbocycles. The Kier molecular flexibility index (Phi) is 5.52. The Morgan fingerprint density at radius 2 is 1.88 bits per heavy atom. The van der Waals surface area contributed by atoms with Crippen molar-refractivity contribution in [3.8, 4) is 5.75 Å². The quantitative estimate of drug-likeness (QED) is 0.287. The van der Waals surface area contributed by atoms with Gasteiger partial charge < -0.3 is 13.9 Å². The number of halogens is 1. The standard InChI is InChI=1S/C27H23BrN2O4/c1-27(2,3)34-24(31)15-33-19-11-21-20-10-18(28)6-7-23(20)30-14-17(9-16-5-4-8-29-13-16)26(32)22(12-19)25(21)30/h4-8,10-14H,9,15H2,1-3H3. The molecule has 0 amide bonds. The zero-order valence-corrected chi connectivity index (χ0v) is 20.7. The molecule has 0 spiro atoms. The van der Waals surface area contributed by atoms with E-state index in [2.05, 4.69) is 25.3 Å². The highest BCUT2D eigenvalue weighted by atomic mass is 79.9. The van der Waals surface area contributed by atoms with Crippen molar-refractivity contribution in [2.24, 2.45) is 0 Å². The molecule has 0 fully saturated rings. The molecular formula is C27H23BrN2O4. The SMILES string of the molecule is CC(C)(C)OC(=O)COc1cc2c(=O)c(Cc3cccnc3)cn3c4ccc(Br)cc4c(c1)c23. The molecule has 172 valence electrons. The van der Waals surface area contributed by atoms with Crippen LogP contribution in [0.1, 0.15) is 31.9 Å². The van der Waals surface area contributed by atoms with Gasteiger partial charge in [-0.15, -0.1) is 0 Å². The van der Waals surface area contributed by atoms with Crippen LogP contribution in [-0.4, -0.2) is 27.6 Å². The summed E-state index contributed by atoms with van der Waals surface area (Å²) in [4.78, 5) is 29.9. The second kappa shape index (κ2) is 8.40. The second-order valence-electron chi connectivity index (χ2n) is 9.30. The van der Waals surface area contributed by atoms with E-state index in [-0.39, 0.29) is 12.0 Å². The molecule has 5 rings (SSSR count). The molecule has 0 aliphatic heterocycles. The second-order valence-corrected chi connectivity index (χ2v) is 10.2. The molecule has 0 radical (unpaired) electrons. The van der Waals surface area contributed by atoms with Crippen molar-refractivity contribution < 1.29 is 14.3 Å². The first-order valence-electron chi connectivity index (χ1n) is 11.0. The lowest BCUT2D eigenvalue weighted by Crippen LogP contribution is -2.27. The smallest absolute Gasteiger partial charge is 0.344 e. The minimum atomic E-state index is -0.599. The summed E-state index contributed by atoms with van der Waals surface area (Å²) in [5.41, 5.74) is 2.77. The van der Waals surface area contributed by atoms with Crippen molar-refractivity contribution in [2.75, 3.05) is 6.61 Å². The van der Waals surface area contributed by atoms with Crippen molar-refractivity contribution in [3.05, 3.63) is 86.9 Å². The fourth-order valence-electron chi connectivity index (χ4n) is 4.27. The third-order valence-corrected chi connectivity index (χ3v) is 6.04. The maximum atomic E-state index is 13.6. The van der Waals surface area contributed by atoms with Gasteiger partial charge in [0.25, 0.3) is 0 Å². The number of benzene rings is 2. The average Bonchev–Trinajstić information content (AvgIpc) is 3.08. The third kappa shape index (κ3) is 4.23. The maximum Gasteiger partial charge on any atom is 0.344 e. The van der Waals surface area contributed by atoms with Gasteiger partial charge in [-0.25, -0.2) is 4.79 Å². The molecule has 3 aromatic heterocycles. The van der Waals surface area contributed by atoms with Crippen LogP contribution in [0, 0.1) is 0 Å². The Hall–Kier alpha value is -3.45. The molecule has 3 heterocycles. The highest BCUT2D eigenvalue weighted by molar-refractivity contribution is 9.10. The van der Waals surface area contributed by atoms with Gasteiger partial charge in [0, 0.05) is 45.8 Å². The van der Waals surface area contributed by atoms with Crippen LogP contribution in [0.5, 0.6) is 5.75 Å². The van der Waals surface area contributed by atoms with Gasteiger partial charge >= 0.3 is 5.97 Å². The van der Waals surface area contributed by atoms with Crippen molar-refractivity contribution in [1.29, 1.82) is 0 Å². The number of hydrogen-bond acceptors (Lipinski definition) is 5. The zero-order valence-electron chi connectivity index (χ0n) is 19.1. The maximum absolute atomic E-state index is 13.6. The van der Waals surface area contributed by atoms with E-state index in [1.165, 1.54) is 0 Å². The first kappa shape index (κ1) is 22.3. The first-order valence-corrected chi connectivity index (χ1v) is 11.7. The summed E-state index contributed by atoms with van der Waals surface area (Å²) < 4.78 is 14.2. The van der Waals surface area contributed by atoms with E-state index in [0.29, 0.717) is 23.1 Å². The van der Waals surface area contributed by atoms with E-state index in [9.17, 15) is 9.59 Å². The van der Waals surface area contributed by atoms with E-state index in [0.717, 1.165) is 31.8 Å². The Labute approximate surface area is 204 Å². The van der Waals surface area contributed by atoms with Crippen molar-refractivity contribution in [3.63, 3.8) is 0 Å². The number of esters is 1. The van der Waals surface area contributed by atoms with Gasteiger partial charge in [-0.1, -0.05) is 22.0 Å². The summed E-state index contributed by atoms with van der Waals surface area (Å²) >= 11 is 3.56. The minimum absolute atomic E-state index is 0.0639. The summed E-state index contributed by atoms with van der Waals surface area (Å²) in [6.07, 6.45) is 5.87. The number of hydrogen-bond donors (Lipinski definition) is 0. The molecule has 0 saturated heterocycles. The molecule has 5 aromatic rings. The van der Waals surface area contributed by atoms with Crippen LogP contribution >= 0.6 is 15.9 Å². The summed E-state index contributed by atoms with van der Waals surface area (Å²) in [5, 5.41) is 2.42. The fourth-order valence-corrected chi connectivity index (χ4v) is 4.63. The zero-order chi connectivity index (χ0) is 24.0. The van der Waals surface area contributed by atoms with Crippen molar-refractivity contribution >= 4 is 49.1 Å². The molecule has 0 aliphatic rings. The molecule has 0 N–H and O–H groups in total. The number of ether oxygens (including phenoxy) is 2. The van der Waals surface area contributed by atoms with Crippen LogP contribution in [0.3, 0.4) is 0 Å². The van der Waals surface area contributed by atoms with Crippen molar-refractivity contribution in [1.82, 2.24) is 9.38 Å². The third-order valence-electron chi connectivity index (χ3n) is 5.55. The van der Waals surface area contributed by atoms with E-state index in [1.54, 1.807) is 18.5 Å². The van der Waals surface area contributed by atoms with Gasteiger partial charge in [0.2, 0.25) is 0 Å². The molecule has 34 heavy (non-hydrogen) atoms. The molecular weight excluding hydrogens is 496 g/mol. The van der Waals surface area contributed by atoms with Crippen LogP contribution in [0.2, 0.25) is 0 Å². The van der Waals surface area contributed by atoms with Crippen LogP contribution in [-0.2, 0) is 16.0 Å². The number of carbonyl (C=O) groups excluding carboxylic acids is 1. The first-order chi connectivity index (χ1) is 16.2. The van der Waals surface area contributed by atoms with Crippen LogP contribution < -0.4 is 10.2 Å². The van der Waals surface area contributed by atoms with Crippen LogP contribution in [0.4, 0.5) is 0 Å². The number of nitrogens with zero attached hydrogens (tertiary/aromatic N) is 2. The highest BCUT2D eigenvalue weighted by Gasteiger charge is 2.20. The largest absolute Gasteiger partial charge is 0.482 e. The van der Waals surface area contributed by atoms with Crippen LogP contribution in [0.15, 0.2) is 70.3 Å². The minimum Gasteiger partial charge on any atom is -0.482 e. The van der Waals surface area contributed by atoms with Gasteiger partial charge in [-0.3, -0.25) is 9.78 Å². The number of pyridine rings is 2. The summed E-state index contributed by atoms with van der Waals surface area (Å²) in [6, 6.07) is 13.4. The van der Waals surface area contributed by atoms with Gasteiger partial charge in [0.15, 0.2) is 12.0 Å². The van der Waals surface area contributed by atoms with Crippen molar-refractivity contribution in [2.45, 2.75) is 32.8 Å². The molecule has 7 heteroatoms. The number of fused-ring (bicyclic) bond motifs is 3. The molecule has 6 nitrogen and oxygen atoms in total. The molecule has 0 atom stereocenters. The fraction of sp³-hybridized carbons (Fsp3) is 0.222. The van der Waals surface area contributed by atoms with E-state index in [1.807, 2.05) is 63.4 Å². The van der Waals surface area contributed by atoms with E-state index < -0.39 is 11.6 Å².